The average Bonchev–Trinajstić information content (AvgIpc) is 3.14. The summed E-state index contributed by atoms with van der Waals surface area (Å²) in [5.41, 5.74) is 0.995. The maximum atomic E-state index is 13.4. The first-order valence-corrected chi connectivity index (χ1v) is 10.7. The van der Waals surface area contributed by atoms with Crippen LogP contribution in [0.4, 0.5) is 8.78 Å². The number of hydrogen-bond acceptors (Lipinski definition) is 4. The number of rotatable bonds is 7. The van der Waals surface area contributed by atoms with E-state index in [1.54, 1.807) is 12.1 Å². The highest BCUT2D eigenvalue weighted by Gasteiger charge is 2.12. The lowest BCUT2D eigenvalue weighted by molar-refractivity contribution is 0.0954. The Hall–Kier alpha value is -3.66. The number of hydrogen-bond donors (Lipinski definition) is 3. The fourth-order valence-corrected chi connectivity index (χ4v) is 4.00. The first-order valence-electron chi connectivity index (χ1n) is 9.67. The van der Waals surface area contributed by atoms with E-state index < -0.39 is 23.1 Å². The topological polar surface area (TPSA) is 99.8 Å². The molecule has 0 unspecified atom stereocenters. The highest BCUT2D eigenvalue weighted by Crippen LogP contribution is 2.20. The van der Waals surface area contributed by atoms with Gasteiger partial charge in [0.05, 0.1) is 17.6 Å². The van der Waals surface area contributed by atoms with Gasteiger partial charge >= 0.3 is 5.69 Å². The lowest BCUT2D eigenvalue weighted by atomic mass is 10.2. The van der Waals surface area contributed by atoms with E-state index in [0.29, 0.717) is 23.4 Å². The largest absolute Gasteiger partial charge is 0.351 e. The molecule has 0 radical (unpaired) electrons. The summed E-state index contributed by atoms with van der Waals surface area (Å²) < 4.78 is 27.8. The van der Waals surface area contributed by atoms with Crippen molar-refractivity contribution in [3.8, 4) is 0 Å². The van der Waals surface area contributed by atoms with E-state index in [1.807, 2.05) is 12.1 Å². The predicted octanol–water partition coefficient (Wildman–Crippen LogP) is 2.87. The fraction of sp³-hybridized carbons (Fsp3) is 0.136. The third-order valence-corrected chi connectivity index (χ3v) is 5.74. The molecular weight excluding hydrogens is 438 g/mol. The first kappa shape index (κ1) is 21.6. The van der Waals surface area contributed by atoms with Gasteiger partial charge in [0, 0.05) is 23.4 Å². The van der Waals surface area contributed by atoms with Gasteiger partial charge < -0.3 is 19.9 Å². The predicted molar refractivity (Wildman–Crippen MR) is 118 cm³/mol. The quantitative estimate of drug-likeness (QED) is 0.294. The average molecular weight is 456 g/mol. The zero-order valence-corrected chi connectivity index (χ0v) is 17.5. The van der Waals surface area contributed by atoms with E-state index in [4.69, 9.17) is 0 Å². The molecule has 7 nitrogen and oxygen atoms in total. The molecule has 4 aromatic rings. The molecule has 1 amide bonds. The van der Waals surface area contributed by atoms with Crippen molar-refractivity contribution in [3.05, 3.63) is 98.3 Å². The van der Waals surface area contributed by atoms with Crippen LogP contribution in [0.2, 0.25) is 0 Å². The van der Waals surface area contributed by atoms with Crippen molar-refractivity contribution in [1.29, 1.82) is 0 Å². The van der Waals surface area contributed by atoms with Gasteiger partial charge in [0.25, 0.3) is 11.5 Å². The fourth-order valence-electron chi connectivity index (χ4n) is 3.20. The number of carbonyl (C=O) groups is 1. The Balaban J connectivity index is 1.36. The van der Waals surface area contributed by atoms with Gasteiger partial charge in [0.1, 0.15) is 5.56 Å². The second kappa shape index (κ2) is 9.23. The van der Waals surface area contributed by atoms with Crippen molar-refractivity contribution in [2.45, 2.75) is 11.4 Å². The minimum atomic E-state index is -0.996. The molecule has 10 heteroatoms. The van der Waals surface area contributed by atoms with Gasteiger partial charge in [-0.25, -0.2) is 13.6 Å². The van der Waals surface area contributed by atoms with Crippen LogP contribution in [0, 0.1) is 11.6 Å². The highest BCUT2D eigenvalue weighted by atomic mass is 32.2. The number of pyridine rings is 1. The van der Waals surface area contributed by atoms with Crippen molar-refractivity contribution >= 4 is 28.7 Å². The number of H-pyrrole nitrogens is 2. The van der Waals surface area contributed by atoms with E-state index in [9.17, 15) is 23.2 Å². The van der Waals surface area contributed by atoms with Crippen LogP contribution in [0.15, 0.2) is 69.2 Å². The maximum Gasteiger partial charge on any atom is 0.323 e. The van der Waals surface area contributed by atoms with E-state index in [1.165, 1.54) is 34.7 Å². The molecule has 0 spiro atoms. The van der Waals surface area contributed by atoms with Crippen LogP contribution in [0.5, 0.6) is 0 Å². The number of fused-ring (bicyclic) bond motifs is 1. The smallest absolute Gasteiger partial charge is 0.323 e. The molecule has 2 aromatic heterocycles. The zero-order chi connectivity index (χ0) is 22.7. The molecule has 32 heavy (non-hydrogen) atoms. The summed E-state index contributed by atoms with van der Waals surface area (Å²) >= 11 is 1.49. The normalized spacial score (nSPS) is 11.1. The minimum absolute atomic E-state index is 0.0106. The van der Waals surface area contributed by atoms with Gasteiger partial charge in [-0.2, -0.15) is 0 Å². The summed E-state index contributed by atoms with van der Waals surface area (Å²) in [6, 6.07) is 11.9. The minimum Gasteiger partial charge on any atom is -0.351 e. The van der Waals surface area contributed by atoms with E-state index >= 15 is 0 Å². The molecule has 0 aliphatic heterocycles. The Bertz CT molecular complexity index is 1410. The molecule has 164 valence electrons. The zero-order valence-electron chi connectivity index (χ0n) is 16.7. The number of nitrogens with one attached hydrogen (secondary N) is 3. The Morgan fingerprint density at radius 3 is 2.62 bits per heavy atom. The summed E-state index contributed by atoms with van der Waals surface area (Å²) in [4.78, 5) is 42.7. The summed E-state index contributed by atoms with van der Waals surface area (Å²) in [5, 5.41) is 2.71. The van der Waals surface area contributed by atoms with Crippen molar-refractivity contribution in [1.82, 2.24) is 19.9 Å². The van der Waals surface area contributed by atoms with Gasteiger partial charge in [0.2, 0.25) is 0 Å². The van der Waals surface area contributed by atoms with E-state index in [2.05, 4.69) is 15.3 Å². The van der Waals surface area contributed by atoms with Crippen LogP contribution in [-0.4, -0.2) is 32.7 Å². The number of amides is 1. The monoisotopic (exact) mass is 456 g/mol. The molecule has 0 atom stereocenters. The van der Waals surface area contributed by atoms with Crippen LogP contribution >= 0.6 is 11.8 Å². The maximum absolute atomic E-state index is 13.4. The Kier molecular flexibility index (Phi) is 6.22. The second-order valence-electron chi connectivity index (χ2n) is 6.99. The number of halogens is 2. The summed E-state index contributed by atoms with van der Waals surface area (Å²) in [5.74, 6) is -1.92. The molecule has 0 aliphatic rings. The van der Waals surface area contributed by atoms with Crippen molar-refractivity contribution in [3.63, 3.8) is 0 Å². The number of thioether (sulfide) groups is 1. The third kappa shape index (κ3) is 4.80. The molecule has 2 aromatic carbocycles. The van der Waals surface area contributed by atoms with Crippen LogP contribution in [0.1, 0.15) is 15.9 Å². The second-order valence-corrected chi connectivity index (χ2v) is 8.16. The third-order valence-electron chi connectivity index (χ3n) is 4.75. The van der Waals surface area contributed by atoms with E-state index in [0.717, 1.165) is 22.5 Å². The summed E-state index contributed by atoms with van der Waals surface area (Å²) in [7, 11) is 0. The van der Waals surface area contributed by atoms with Gasteiger partial charge in [-0.15, -0.1) is 11.8 Å². The summed E-state index contributed by atoms with van der Waals surface area (Å²) in [6.45, 7) is 0.333. The first-order chi connectivity index (χ1) is 15.4. The Morgan fingerprint density at radius 2 is 1.81 bits per heavy atom. The number of aromatic nitrogens is 3. The SMILES string of the molecule is O=C(NCCSc1ccc2[nH]c(=O)[nH]c2c1)c1cccn(Cc2ccc(F)c(F)c2)c1=O. The molecule has 0 fully saturated rings. The van der Waals surface area contributed by atoms with Gasteiger partial charge in [-0.3, -0.25) is 9.59 Å². The molecule has 0 bridgehead atoms. The molecule has 0 saturated heterocycles. The van der Waals surface area contributed by atoms with E-state index in [-0.39, 0.29) is 17.8 Å². The summed E-state index contributed by atoms with van der Waals surface area (Å²) in [6.07, 6.45) is 1.48. The number of benzene rings is 2. The van der Waals surface area contributed by atoms with Crippen molar-refractivity contribution in [2.75, 3.05) is 12.3 Å². The molecule has 0 aliphatic carbocycles. The van der Waals surface area contributed by atoms with Gasteiger partial charge in [-0.1, -0.05) is 6.07 Å². The van der Waals surface area contributed by atoms with Gasteiger partial charge in [-0.05, 0) is 48.0 Å². The van der Waals surface area contributed by atoms with Crippen LogP contribution in [-0.2, 0) is 6.54 Å². The molecule has 3 N–H and O–H groups in total. The molecule has 4 rings (SSSR count). The lowest BCUT2D eigenvalue weighted by Crippen LogP contribution is -2.34. The van der Waals surface area contributed by atoms with Gasteiger partial charge in [0.15, 0.2) is 11.6 Å². The number of carbonyl (C=O) groups excluding carboxylic acids is 1. The Labute approximate surface area is 184 Å². The Morgan fingerprint density at radius 1 is 1.00 bits per heavy atom. The lowest BCUT2D eigenvalue weighted by Gasteiger charge is -2.09. The number of imidazole rings is 1. The standard InChI is InChI=1S/C22H18F2N4O3S/c23-16-5-3-13(10-17(16)24)12-28-8-1-2-15(21(28)30)20(29)25-7-9-32-14-4-6-18-19(11-14)27-22(31)26-18/h1-6,8,10-11H,7,9,12H2,(H,25,29)(H2,26,27,31). The van der Waals surface area contributed by atoms with Crippen LogP contribution in [0.3, 0.4) is 0 Å². The number of aromatic amines is 2. The molecule has 0 saturated carbocycles. The molecule has 2 heterocycles. The van der Waals surface area contributed by atoms with Crippen molar-refractivity contribution in [2.24, 2.45) is 0 Å². The van der Waals surface area contributed by atoms with Crippen LogP contribution < -0.4 is 16.6 Å². The molecular formula is C22H18F2N4O3S. The van der Waals surface area contributed by atoms with Crippen LogP contribution in [0.25, 0.3) is 11.0 Å². The number of nitrogens with zero attached hydrogens (tertiary/aromatic N) is 1. The van der Waals surface area contributed by atoms with Crippen molar-refractivity contribution < 1.29 is 13.6 Å². The highest BCUT2D eigenvalue weighted by molar-refractivity contribution is 7.99.